The lowest BCUT2D eigenvalue weighted by Crippen LogP contribution is -2.05. The van der Waals surface area contributed by atoms with Crippen LogP contribution in [-0.4, -0.2) is 25.2 Å². The van der Waals surface area contributed by atoms with E-state index in [0.29, 0.717) is 26.1 Å². The van der Waals surface area contributed by atoms with Crippen molar-refractivity contribution in [1.29, 1.82) is 0 Å². The van der Waals surface area contributed by atoms with Crippen molar-refractivity contribution in [1.82, 2.24) is 0 Å². The van der Waals surface area contributed by atoms with Crippen molar-refractivity contribution in [3.05, 3.63) is 0 Å². The fraction of sp³-hybridized carbons (Fsp3) is 0.968. The van der Waals surface area contributed by atoms with Crippen LogP contribution in [-0.2, 0) is 19.1 Å². The highest BCUT2D eigenvalue weighted by molar-refractivity contribution is 5.69. The molecular weight excluding hydrogens is 809 g/mol. The Hall–Kier alpha value is -1.06. The molecule has 0 aromatic carbocycles. The molecule has 0 N–H and O–H groups in total. The number of esters is 2. The molecule has 0 bridgehead atoms. The first-order valence-electron chi connectivity index (χ1n) is 31.0. The predicted octanol–water partition coefficient (Wildman–Crippen LogP) is 22.0. The lowest BCUT2D eigenvalue weighted by atomic mass is 10.0. The first kappa shape index (κ1) is 64.9. The molecular formula is C62H122O4. The van der Waals surface area contributed by atoms with E-state index in [9.17, 15) is 9.59 Å². The molecule has 0 aromatic heterocycles. The molecule has 4 nitrogen and oxygen atoms in total. The van der Waals surface area contributed by atoms with Crippen molar-refractivity contribution in [3.63, 3.8) is 0 Å². The highest BCUT2D eigenvalue weighted by Gasteiger charge is 2.05. The summed E-state index contributed by atoms with van der Waals surface area (Å²) in [5.74, 6) is 0.0431. The van der Waals surface area contributed by atoms with Gasteiger partial charge in [0.05, 0.1) is 13.2 Å². The van der Waals surface area contributed by atoms with Crippen molar-refractivity contribution in [2.24, 2.45) is 0 Å². The Morgan fingerprint density at radius 2 is 0.333 bits per heavy atom. The molecule has 0 aromatic rings. The van der Waals surface area contributed by atoms with Crippen molar-refractivity contribution in [2.45, 2.75) is 373 Å². The number of ether oxygens (including phenoxy) is 2. The molecule has 0 aliphatic rings. The zero-order valence-corrected chi connectivity index (χ0v) is 45.6. The van der Waals surface area contributed by atoms with Crippen molar-refractivity contribution in [2.75, 3.05) is 13.2 Å². The van der Waals surface area contributed by atoms with Gasteiger partial charge in [0, 0.05) is 12.8 Å². The third kappa shape index (κ3) is 59.1. The molecule has 66 heavy (non-hydrogen) atoms. The van der Waals surface area contributed by atoms with E-state index in [1.165, 1.54) is 321 Å². The Balaban J connectivity index is 3.19. The molecule has 0 radical (unpaired) electrons. The van der Waals surface area contributed by atoms with Crippen LogP contribution in [0.4, 0.5) is 0 Å². The van der Waals surface area contributed by atoms with Gasteiger partial charge in [-0.25, -0.2) is 0 Å². The van der Waals surface area contributed by atoms with E-state index in [1.807, 2.05) is 0 Å². The van der Waals surface area contributed by atoms with Crippen molar-refractivity contribution in [3.8, 4) is 0 Å². The van der Waals surface area contributed by atoms with E-state index in [0.717, 1.165) is 25.7 Å². The molecule has 0 saturated heterocycles. The third-order valence-electron chi connectivity index (χ3n) is 14.5. The summed E-state index contributed by atoms with van der Waals surface area (Å²) in [5, 5.41) is 0. The second-order valence-corrected chi connectivity index (χ2v) is 21.3. The van der Waals surface area contributed by atoms with Crippen LogP contribution in [0.3, 0.4) is 0 Å². The highest BCUT2D eigenvalue weighted by Crippen LogP contribution is 2.18. The number of carbonyl (C=O) groups is 2. The third-order valence-corrected chi connectivity index (χ3v) is 14.5. The summed E-state index contributed by atoms with van der Waals surface area (Å²) >= 11 is 0. The maximum atomic E-state index is 12.1. The standard InChI is InChI=1S/C62H122O4/c1-3-5-7-9-11-13-15-17-19-21-27-31-35-39-43-47-51-55-59-65-61(63)57-53-49-45-41-37-33-29-25-23-24-26-30-34-38-42-46-50-54-58-62(64)66-60-56-52-48-44-40-36-32-28-22-20-18-16-14-12-10-8-6-4-2/h3-60H2,1-2H3. The lowest BCUT2D eigenvalue weighted by Gasteiger charge is -2.06. The van der Waals surface area contributed by atoms with E-state index < -0.39 is 0 Å². The van der Waals surface area contributed by atoms with Crippen LogP contribution in [0.2, 0.25) is 0 Å². The molecule has 0 aliphatic carbocycles. The second-order valence-electron chi connectivity index (χ2n) is 21.3. The quantitative estimate of drug-likeness (QED) is 0.0450. The Labute approximate surface area is 416 Å². The van der Waals surface area contributed by atoms with E-state index in [2.05, 4.69) is 13.8 Å². The lowest BCUT2D eigenvalue weighted by molar-refractivity contribution is -0.144. The average molecular weight is 932 g/mol. The van der Waals surface area contributed by atoms with E-state index >= 15 is 0 Å². The van der Waals surface area contributed by atoms with E-state index in [-0.39, 0.29) is 11.9 Å². The first-order chi connectivity index (χ1) is 32.7. The van der Waals surface area contributed by atoms with Crippen LogP contribution < -0.4 is 0 Å². The minimum Gasteiger partial charge on any atom is -0.466 e. The smallest absolute Gasteiger partial charge is 0.305 e. The van der Waals surface area contributed by atoms with Crippen molar-refractivity contribution >= 4 is 11.9 Å². The van der Waals surface area contributed by atoms with Gasteiger partial charge in [0.2, 0.25) is 0 Å². The summed E-state index contributed by atoms with van der Waals surface area (Å²) in [6.45, 7) is 5.84. The zero-order chi connectivity index (χ0) is 47.6. The largest absolute Gasteiger partial charge is 0.466 e. The van der Waals surface area contributed by atoms with Crippen LogP contribution in [0.15, 0.2) is 0 Å². The number of rotatable bonds is 59. The van der Waals surface area contributed by atoms with Gasteiger partial charge in [-0.1, -0.05) is 335 Å². The Morgan fingerprint density at radius 1 is 0.197 bits per heavy atom. The zero-order valence-electron chi connectivity index (χ0n) is 45.6. The molecule has 0 aliphatic heterocycles. The molecule has 394 valence electrons. The normalized spacial score (nSPS) is 11.5. The first-order valence-corrected chi connectivity index (χ1v) is 31.0. The molecule has 0 heterocycles. The topological polar surface area (TPSA) is 52.6 Å². The Kier molecular flexibility index (Phi) is 59.1. The maximum Gasteiger partial charge on any atom is 0.305 e. The van der Waals surface area contributed by atoms with Crippen LogP contribution in [0, 0.1) is 0 Å². The Bertz CT molecular complexity index is 830. The van der Waals surface area contributed by atoms with E-state index in [4.69, 9.17) is 9.47 Å². The monoisotopic (exact) mass is 931 g/mol. The van der Waals surface area contributed by atoms with Gasteiger partial charge in [-0.15, -0.1) is 0 Å². The van der Waals surface area contributed by atoms with E-state index in [1.54, 1.807) is 0 Å². The average Bonchev–Trinajstić information content (AvgIpc) is 3.32. The molecule has 0 saturated carbocycles. The Morgan fingerprint density at radius 3 is 0.500 bits per heavy atom. The van der Waals surface area contributed by atoms with Crippen molar-refractivity contribution < 1.29 is 19.1 Å². The maximum absolute atomic E-state index is 12.1. The fourth-order valence-corrected chi connectivity index (χ4v) is 9.89. The minimum atomic E-state index is 0.0216. The van der Waals surface area contributed by atoms with Crippen LogP contribution in [0.1, 0.15) is 373 Å². The van der Waals surface area contributed by atoms with Gasteiger partial charge in [-0.2, -0.15) is 0 Å². The van der Waals surface area contributed by atoms with Crippen LogP contribution in [0.25, 0.3) is 0 Å². The summed E-state index contributed by atoms with van der Waals surface area (Å²) in [6.07, 6.45) is 74.3. The summed E-state index contributed by atoms with van der Waals surface area (Å²) in [4.78, 5) is 24.2. The summed E-state index contributed by atoms with van der Waals surface area (Å²) < 4.78 is 11.0. The van der Waals surface area contributed by atoms with Gasteiger partial charge >= 0.3 is 11.9 Å². The molecule has 0 unspecified atom stereocenters. The number of carbonyl (C=O) groups excluding carboxylic acids is 2. The van der Waals surface area contributed by atoms with Crippen LogP contribution >= 0.6 is 0 Å². The minimum absolute atomic E-state index is 0.0216. The molecule has 0 amide bonds. The highest BCUT2D eigenvalue weighted by atomic mass is 16.5. The number of unbranched alkanes of at least 4 members (excludes halogenated alkanes) is 51. The predicted molar refractivity (Wildman–Crippen MR) is 292 cm³/mol. The summed E-state index contributed by atoms with van der Waals surface area (Å²) in [6, 6.07) is 0. The van der Waals surface area contributed by atoms with Crippen LogP contribution in [0.5, 0.6) is 0 Å². The molecule has 0 rings (SSSR count). The molecule has 0 spiro atoms. The number of hydrogen-bond acceptors (Lipinski definition) is 4. The molecule has 0 fully saturated rings. The van der Waals surface area contributed by atoms with Gasteiger partial charge in [0.25, 0.3) is 0 Å². The van der Waals surface area contributed by atoms with Gasteiger partial charge in [0.1, 0.15) is 0 Å². The van der Waals surface area contributed by atoms with Gasteiger partial charge < -0.3 is 9.47 Å². The fourth-order valence-electron chi connectivity index (χ4n) is 9.89. The number of hydrogen-bond donors (Lipinski definition) is 0. The SMILES string of the molecule is CCCCCCCCCCCCCCCCCCCCOC(=O)CCCCCCCCCCCCCCCCCCCCC(=O)OCCCCCCCCCCCCCCCCCCCC. The van der Waals surface area contributed by atoms with Gasteiger partial charge in [-0.05, 0) is 25.7 Å². The summed E-state index contributed by atoms with van der Waals surface area (Å²) in [5.41, 5.74) is 0. The second kappa shape index (κ2) is 60.1. The molecule has 0 atom stereocenters. The van der Waals surface area contributed by atoms with Gasteiger partial charge in [-0.3, -0.25) is 9.59 Å². The summed E-state index contributed by atoms with van der Waals surface area (Å²) in [7, 11) is 0. The van der Waals surface area contributed by atoms with Gasteiger partial charge in [0.15, 0.2) is 0 Å². The molecule has 4 heteroatoms.